The van der Waals surface area contributed by atoms with Crippen LogP contribution in [-0.4, -0.2) is 51.0 Å². The van der Waals surface area contributed by atoms with E-state index in [2.05, 4.69) is 5.10 Å². The summed E-state index contributed by atoms with van der Waals surface area (Å²) in [5, 5.41) is 3.92. The lowest BCUT2D eigenvalue weighted by molar-refractivity contribution is -0.143. The van der Waals surface area contributed by atoms with Gasteiger partial charge in [-0.05, 0) is 18.8 Å². The number of hydrogen-bond acceptors (Lipinski definition) is 4. The largest absolute Gasteiger partial charge is 0.374 e. The van der Waals surface area contributed by atoms with E-state index in [0.29, 0.717) is 25.6 Å². The van der Waals surface area contributed by atoms with Gasteiger partial charge in [0.25, 0.3) is 0 Å². The summed E-state index contributed by atoms with van der Waals surface area (Å²) in [7, 11) is 1.62. The second kappa shape index (κ2) is 5.40. The van der Waals surface area contributed by atoms with Gasteiger partial charge < -0.3 is 9.64 Å². The fourth-order valence-corrected chi connectivity index (χ4v) is 2.76. The fraction of sp³-hybridized carbons (Fsp3) is 0.769. The number of rotatable bonds is 3. The first-order valence-corrected chi connectivity index (χ1v) is 7.13. The zero-order valence-electron chi connectivity index (χ0n) is 11.7. The van der Waals surface area contributed by atoms with Gasteiger partial charge in [0, 0.05) is 20.1 Å². The van der Waals surface area contributed by atoms with Crippen molar-refractivity contribution in [2.75, 3.05) is 19.7 Å². The molecule has 3 rings (SSSR count). The summed E-state index contributed by atoms with van der Waals surface area (Å²) in [6, 6.07) is 0. The van der Waals surface area contributed by atoms with Crippen LogP contribution in [0.2, 0.25) is 0 Å². The highest BCUT2D eigenvalue weighted by Crippen LogP contribution is 2.32. The van der Waals surface area contributed by atoms with Crippen molar-refractivity contribution >= 4 is 5.91 Å². The van der Waals surface area contributed by atoms with Crippen LogP contribution in [0.25, 0.3) is 0 Å². The maximum atomic E-state index is 12.3. The number of carbonyl (C=O) groups is 1. The molecular formula is C13H20N4O3. The second-order valence-electron chi connectivity index (χ2n) is 5.62. The average Bonchev–Trinajstić information content (AvgIpc) is 2.69. The molecule has 7 heteroatoms. The molecule has 0 N–H and O–H groups in total. The van der Waals surface area contributed by atoms with Crippen LogP contribution in [0.4, 0.5) is 0 Å². The first kappa shape index (κ1) is 13.4. The number of hydrogen-bond donors (Lipinski definition) is 0. The fourth-order valence-electron chi connectivity index (χ4n) is 2.76. The lowest BCUT2D eigenvalue weighted by Crippen LogP contribution is -2.50. The smallest absolute Gasteiger partial charge is 0.345 e. The standard InChI is InChI=1S/C13H20N4O3/c1-15-9-14-17(13(15)19)8-12(18)16-5-6-20-11(7-16)10-3-2-4-10/h9-11H,2-8H2,1H3. The molecule has 0 aromatic carbocycles. The molecule has 1 aromatic heterocycles. The summed E-state index contributed by atoms with van der Waals surface area (Å²) in [5.41, 5.74) is -0.262. The van der Waals surface area contributed by atoms with Crippen LogP contribution in [0.15, 0.2) is 11.1 Å². The molecule has 1 saturated carbocycles. The summed E-state index contributed by atoms with van der Waals surface area (Å²) in [4.78, 5) is 25.7. The Kier molecular flexibility index (Phi) is 3.60. The molecule has 1 saturated heterocycles. The molecule has 0 radical (unpaired) electrons. The Morgan fingerprint density at radius 2 is 2.30 bits per heavy atom. The van der Waals surface area contributed by atoms with Gasteiger partial charge in [-0.25, -0.2) is 9.48 Å². The molecule has 2 fully saturated rings. The highest BCUT2D eigenvalue weighted by atomic mass is 16.5. The Labute approximate surface area is 117 Å². The third kappa shape index (κ3) is 2.49. The van der Waals surface area contributed by atoms with E-state index < -0.39 is 0 Å². The summed E-state index contributed by atoms with van der Waals surface area (Å²) < 4.78 is 8.33. The molecule has 1 amide bonds. The Balaban J connectivity index is 1.61. The Bertz CT molecular complexity index is 546. The van der Waals surface area contributed by atoms with E-state index in [9.17, 15) is 9.59 Å². The van der Waals surface area contributed by atoms with Gasteiger partial charge in [0.05, 0.1) is 12.7 Å². The number of aryl methyl sites for hydroxylation is 1. The number of carbonyl (C=O) groups excluding carboxylic acids is 1. The zero-order chi connectivity index (χ0) is 14.1. The quantitative estimate of drug-likeness (QED) is 0.756. The minimum atomic E-state index is -0.262. The maximum absolute atomic E-state index is 12.3. The Morgan fingerprint density at radius 1 is 1.50 bits per heavy atom. The van der Waals surface area contributed by atoms with Crippen molar-refractivity contribution < 1.29 is 9.53 Å². The maximum Gasteiger partial charge on any atom is 0.345 e. The van der Waals surface area contributed by atoms with E-state index in [-0.39, 0.29) is 24.2 Å². The van der Waals surface area contributed by atoms with Crippen LogP contribution >= 0.6 is 0 Å². The van der Waals surface area contributed by atoms with Gasteiger partial charge in [-0.2, -0.15) is 5.10 Å². The van der Waals surface area contributed by atoms with Crippen LogP contribution in [0.3, 0.4) is 0 Å². The number of amides is 1. The van der Waals surface area contributed by atoms with Crippen LogP contribution in [0.5, 0.6) is 0 Å². The molecule has 1 aromatic rings. The van der Waals surface area contributed by atoms with Crippen molar-refractivity contribution in [2.45, 2.75) is 31.9 Å². The summed E-state index contributed by atoms with van der Waals surface area (Å²) >= 11 is 0. The van der Waals surface area contributed by atoms with Crippen LogP contribution in [0.1, 0.15) is 19.3 Å². The first-order valence-electron chi connectivity index (χ1n) is 7.13. The first-order chi connectivity index (χ1) is 9.65. The predicted molar refractivity (Wildman–Crippen MR) is 71.1 cm³/mol. The monoisotopic (exact) mass is 280 g/mol. The molecule has 7 nitrogen and oxygen atoms in total. The molecule has 1 atom stereocenters. The van der Waals surface area contributed by atoms with E-state index in [1.807, 2.05) is 0 Å². The van der Waals surface area contributed by atoms with Crippen LogP contribution in [0, 0.1) is 5.92 Å². The van der Waals surface area contributed by atoms with Gasteiger partial charge >= 0.3 is 5.69 Å². The number of ether oxygens (including phenoxy) is 1. The third-order valence-electron chi connectivity index (χ3n) is 4.29. The van der Waals surface area contributed by atoms with Crippen molar-refractivity contribution in [3.05, 3.63) is 16.8 Å². The normalized spacial score (nSPS) is 23.6. The van der Waals surface area contributed by atoms with Gasteiger partial charge in [-0.1, -0.05) is 6.42 Å². The molecule has 0 spiro atoms. The molecule has 110 valence electrons. The van der Waals surface area contributed by atoms with E-state index in [1.54, 1.807) is 11.9 Å². The summed E-state index contributed by atoms with van der Waals surface area (Å²) in [6.07, 6.45) is 5.26. The Morgan fingerprint density at radius 3 is 2.90 bits per heavy atom. The SMILES string of the molecule is Cn1cnn(CC(=O)N2CCOC(C3CCC3)C2)c1=O. The molecular weight excluding hydrogens is 260 g/mol. The lowest BCUT2D eigenvalue weighted by Gasteiger charge is -2.40. The minimum Gasteiger partial charge on any atom is -0.374 e. The van der Waals surface area contributed by atoms with Crippen molar-refractivity contribution in [1.82, 2.24) is 19.2 Å². The number of aromatic nitrogens is 3. The highest BCUT2D eigenvalue weighted by molar-refractivity contribution is 5.76. The van der Waals surface area contributed by atoms with Gasteiger partial charge in [-0.15, -0.1) is 0 Å². The zero-order valence-corrected chi connectivity index (χ0v) is 11.7. The van der Waals surface area contributed by atoms with Gasteiger partial charge in [0.2, 0.25) is 5.91 Å². The number of morpholine rings is 1. The molecule has 2 aliphatic rings. The predicted octanol–water partition coefficient (Wildman–Crippen LogP) is -0.391. The number of nitrogens with zero attached hydrogens (tertiary/aromatic N) is 4. The van der Waals surface area contributed by atoms with Crippen LogP contribution < -0.4 is 5.69 Å². The molecule has 1 aliphatic carbocycles. The van der Waals surface area contributed by atoms with Gasteiger partial charge in [-0.3, -0.25) is 9.36 Å². The highest BCUT2D eigenvalue weighted by Gasteiger charge is 2.33. The van der Waals surface area contributed by atoms with E-state index >= 15 is 0 Å². The molecule has 0 bridgehead atoms. The molecule has 2 heterocycles. The second-order valence-corrected chi connectivity index (χ2v) is 5.62. The summed E-state index contributed by atoms with van der Waals surface area (Å²) in [6.45, 7) is 1.84. The lowest BCUT2D eigenvalue weighted by atomic mass is 9.80. The third-order valence-corrected chi connectivity index (χ3v) is 4.29. The van der Waals surface area contributed by atoms with Crippen molar-refractivity contribution in [1.29, 1.82) is 0 Å². The van der Waals surface area contributed by atoms with Crippen molar-refractivity contribution in [2.24, 2.45) is 13.0 Å². The summed E-state index contributed by atoms with van der Waals surface area (Å²) in [5.74, 6) is 0.543. The molecule has 20 heavy (non-hydrogen) atoms. The Hall–Kier alpha value is -1.63. The molecule has 1 aliphatic heterocycles. The van der Waals surface area contributed by atoms with Gasteiger partial charge in [0.1, 0.15) is 12.9 Å². The van der Waals surface area contributed by atoms with E-state index in [4.69, 9.17) is 4.74 Å². The van der Waals surface area contributed by atoms with E-state index in [1.165, 1.54) is 34.8 Å². The minimum absolute atomic E-state index is 0.0110. The van der Waals surface area contributed by atoms with E-state index in [0.717, 1.165) is 0 Å². The topological polar surface area (TPSA) is 69.4 Å². The van der Waals surface area contributed by atoms with Gasteiger partial charge in [0.15, 0.2) is 0 Å². The van der Waals surface area contributed by atoms with Crippen molar-refractivity contribution in [3.63, 3.8) is 0 Å². The molecule has 1 unspecified atom stereocenters. The van der Waals surface area contributed by atoms with Crippen LogP contribution in [-0.2, 0) is 23.1 Å². The van der Waals surface area contributed by atoms with Crippen molar-refractivity contribution in [3.8, 4) is 0 Å². The average molecular weight is 280 g/mol.